The molecule has 1 aromatic rings. The fourth-order valence-corrected chi connectivity index (χ4v) is 2.63. The van der Waals surface area contributed by atoms with E-state index in [4.69, 9.17) is 0 Å². The van der Waals surface area contributed by atoms with Crippen LogP contribution in [0, 0.1) is 0 Å². The maximum Gasteiger partial charge on any atom is 0.240 e. The minimum Gasteiger partial charge on any atom is -0.337 e. The van der Waals surface area contributed by atoms with Crippen molar-refractivity contribution in [1.29, 1.82) is 0 Å². The summed E-state index contributed by atoms with van der Waals surface area (Å²) in [6, 6.07) is 0.892. The molecule has 1 saturated carbocycles. The van der Waals surface area contributed by atoms with Gasteiger partial charge in [-0.15, -0.1) is 0 Å². The lowest BCUT2D eigenvalue weighted by Gasteiger charge is -2.25. The molecule has 2 atom stereocenters. The molecule has 5 nitrogen and oxygen atoms in total. The summed E-state index contributed by atoms with van der Waals surface area (Å²) in [7, 11) is 0. The molecule has 98 valence electrons. The lowest BCUT2D eigenvalue weighted by Crippen LogP contribution is -2.43. The molecule has 5 heteroatoms. The quantitative estimate of drug-likeness (QED) is 0.831. The average Bonchev–Trinajstić information content (AvgIpc) is 2.88. The number of hydrogen-bond acceptors (Lipinski definition) is 3. The van der Waals surface area contributed by atoms with Crippen LogP contribution < -0.4 is 5.32 Å². The highest BCUT2D eigenvalue weighted by atomic mass is 16.2. The molecular weight excluding hydrogens is 228 g/mol. The van der Waals surface area contributed by atoms with Gasteiger partial charge in [-0.3, -0.25) is 4.79 Å². The van der Waals surface area contributed by atoms with Gasteiger partial charge < -0.3 is 14.8 Å². The smallest absolute Gasteiger partial charge is 0.240 e. The molecule has 0 bridgehead atoms. The van der Waals surface area contributed by atoms with Crippen molar-refractivity contribution in [2.75, 3.05) is 6.54 Å². The van der Waals surface area contributed by atoms with E-state index in [1.54, 1.807) is 12.5 Å². The number of hydrogen-bond donors (Lipinski definition) is 1. The maximum absolute atomic E-state index is 12.3. The van der Waals surface area contributed by atoms with Gasteiger partial charge in [0.05, 0.1) is 12.4 Å². The first-order valence-electron chi connectivity index (χ1n) is 6.76. The Morgan fingerprint density at radius 2 is 2.33 bits per heavy atom. The van der Waals surface area contributed by atoms with Gasteiger partial charge >= 0.3 is 0 Å². The minimum absolute atomic E-state index is 0.0581. The number of aromatic nitrogens is 2. The molecule has 18 heavy (non-hydrogen) atoms. The molecule has 0 radical (unpaired) electrons. The second-order valence-electron chi connectivity index (χ2n) is 5.42. The first-order valence-corrected chi connectivity index (χ1v) is 6.76. The highest BCUT2D eigenvalue weighted by Gasteiger charge is 2.37. The number of nitrogens with one attached hydrogen (secondary N) is 1. The summed E-state index contributed by atoms with van der Waals surface area (Å²) in [5, 5.41) is 3.44. The van der Waals surface area contributed by atoms with E-state index in [0.29, 0.717) is 6.04 Å². The van der Waals surface area contributed by atoms with Crippen molar-refractivity contribution in [2.45, 2.75) is 50.9 Å². The van der Waals surface area contributed by atoms with Gasteiger partial charge in [-0.2, -0.15) is 0 Å². The standard InChI is InChI=1S/C13H20N4O/c1-10(8-16-7-5-14-9-16)17-6-4-12(13(17)18)15-11-2-3-11/h5,7,9-12,15H,2-4,6,8H2,1H3. The number of amides is 1. The Kier molecular flexibility index (Phi) is 3.07. The second-order valence-corrected chi connectivity index (χ2v) is 5.42. The van der Waals surface area contributed by atoms with Gasteiger partial charge in [-0.1, -0.05) is 0 Å². The van der Waals surface area contributed by atoms with Crippen LogP contribution in [0.15, 0.2) is 18.7 Å². The van der Waals surface area contributed by atoms with Crippen LogP contribution in [0.1, 0.15) is 26.2 Å². The Balaban J connectivity index is 1.57. The third-order valence-corrected chi connectivity index (χ3v) is 3.82. The number of imidazole rings is 1. The first-order chi connectivity index (χ1) is 8.74. The van der Waals surface area contributed by atoms with Crippen LogP contribution >= 0.6 is 0 Å². The lowest BCUT2D eigenvalue weighted by atomic mass is 10.2. The van der Waals surface area contributed by atoms with E-state index in [0.717, 1.165) is 19.5 Å². The zero-order chi connectivity index (χ0) is 12.5. The molecule has 2 unspecified atom stereocenters. The van der Waals surface area contributed by atoms with Crippen molar-refractivity contribution < 1.29 is 4.79 Å². The fourth-order valence-electron chi connectivity index (χ4n) is 2.63. The molecule has 2 fully saturated rings. The normalized spacial score (nSPS) is 25.7. The highest BCUT2D eigenvalue weighted by molar-refractivity contribution is 5.84. The van der Waals surface area contributed by atoms with Crippen LogP contribution in [-0.4, -0.2) is 45.0 Å². The number of nitrogens with zero attached hydrogens (tertiary/aromatic N) is 3. The van der Waals surface area contributed by atoms with Gasteiger partial charge in [0.25, 0.3) is 0 Å². The summed E-state index contributed by atoms with van der Waals surface area (Å²) in [6.07, 6.45) is 8.93. The zero-order valence-corrected chi connectivity index (χ0v) is 10.7. The van der Waals surface area contributed by atoms with Gasteiger partial charge in [0.2, 0.25) is 5.91 Å². The lowest BCUT2D eigenvalue weighted by molar-refractivity contribution is -0.131. The third kappa shape index (κ3) is 2.41. The molecule has 2 heterocycles. The van der Waals surface area contributed by atoms with Crippen molar-refractivity contribution >= 4 is 5.91 Å². The highest BCUT2D eigenvalue weighted by Crippen LogP contribution is 2.23. The Bertz CT molecular complexity index is 413. The molecule has 0 aromatic carbocycles. The summed E-state index contributed by atoms with van der Waals surface area (Å²) in [5.41, 5.74) is 0. The number of likely N-dealkylation sites (tertiary alicyclic amines) is 1. The number of carbonyl (C=O) groups is 1. The molecule has 3 rings (SSSR count). The van der Waals surface area contributed by atoms with Gasteiger partial charge in [0.1, 0.15) is 0 Å². The predicted molar refractivity (Wildman–Crippen MR) is 68.0 cm³/mol. The van der Waals surface area contributed by atoms with Crippen LogP contribution in [-0.2, 0) is 11.3 Å². The molecule has 1 aliphatic heterocycles. The van der Waals surface area contributed by atoms with Crippen LogP contribution in [0.5, 0.6) is 0 Å². The topological polar surface area (TPSA) is 50.2 Å². The second kappa shape index (κ2) is 4.72. The Morgan fingerprint density at radius 1 is 1.50 bits per heavy atom. The van der Waals surface area contributed by atoms with Gasteiger partial charge in [-0.25, -0.2) is 4.98 Å². The first kappa shape index (κ1) is 11.7. The van der Waals surface area contributed by atoms with E-state index in [2.05, 4.69) is 17.2 Å². The molecule has 1 saturated heterocycles. The summed E-state index contributed by atoms with van der Waals surface area (Å²) in [4.78, 5) is 18.3. The zero-order valence-electron chi connectivity index (χ0n) is 10.7. The molecule has 1 N–H and O–H groups in total. The van der Waals surface area contributed by atoms with Crippen molar-refractivity contribution in [3.8, 4) is 0 Å². The largest absolute Gasteiger partial charge is 0.337 e. The predicted octanol–water partition coefficient (Wildman–Crippen LogP) is 0.624. The van der Waals surface area contributed by atoms with E-state index in [9.17, 15) is 4.79 Å². The summed E-state index contributed by atoms with van der Waals surface area (Å²) in [5.74, 6) is 0.273. The van der Waals surface area contributed by atoms with E-state index in [1.165, 1.54) is 12.8 Å². The monoisotopic (exact) mass is 248 g/mol. The summed E-state index contributed by atoms with van der Waals surface area (Å²) < 4.78 is 2.03. The third-order valence-electron chi connectivity index (χ3n) is 3.82. The van der Waals surface area contributed by atoms with Crippen molar-refractivity contribution in [2.24, 2.45) is 0 Å². The van der Waals surface area contributed by atoms with Crippen molar-refractivity contribution in [1.82, 2.24) is 19.8 Å². The van der Waals surface area contributed by atoms with Crippen molar-refractivity contribution in [3.05, 3.63) is 18.7 Å². The molecule has 2 aliphatic rings. The van der Waals surface area contributed by atoms with Crippen LogP contribution in [0.25, 0.3) is 0 Å². The Hall–Kier alpha value is -1.36. The van der Waals surface area contributed by atoms with Crippen LogP contribution in [0.2, 0.25) is 0 Å². The molecular formula is C13H20N4O. The number of carbonyl (C=O) groups excluding carboxylic acids is 1. The maximum atomic E-state index is 12.3. The van der Waals surface area contributed by atoms with Gasteiger partial charge in [0.15, 0.2) is 0 Å². The molecule has 1 amide bonds. The minimum atomic E-state index is 0.0581. The van der Waals surface area contributed by atoms with E-state index in [-0.39, 0.29) is 18.0 Å². The molecule has 1 aliphatic carbocycles. The van der Waals surface area contributed by atoms with E-state index < -0.39 is 0 Å². The van der Waals surface area contributed by atoms with Gasteiger partial charge in [0, 0.05) is 37.6 Å². The Morgan fingerprint density at radius 3 is 3.00 bits per heavy atom. The van der Waals surface area contributed by atoms with Gasteiger partial charge in [-0.05, 0) is 26.2 Å². The molecule has 0 spiro atoms. The summed E-state index contributed by atoms with van der Waals surface area (Å²) in [6.45, 7) is 3.80. The van der Waals surface area contributed by atoms with E-state index in [1.807, 2.05) is 15.7 Å². The Labute approximate surface area is 107 Å². The van der Waals surface area contributed by atoms with Crippen LogP contribution in [0.4, 0.5) is 0 Å². The average molecular weight is 248 g/mol. The van der Waals surface area contributed by atoms with Crippen LogP contribution in [0.3, 0.4) is 0 Å². The number of rotatable bonds is 5. The van der Waals surface area contributed by atoms with Crippen molar-refractivity contribution in [3.63, 3.8) is 0 Å². The fraction of sp³-hybridized carbons (Fsp3) is 0.692. The summed E-state index contributed by atoms with van der Waals surface area (Å²) >= 11 is 0. The molecule has 1 aromatic heterocycles. The SMILES string of the molecule is CC(Cn1ccnc1)N1CCC(NC2CC2)C1=O. The van der Waals surface area contributed by atoms with E-state index >= 15 is 0 Å².